The lowest BCUT2D eigenvalue weighted by Crippen LogP contribution is -2.26. The summed E-state index contributed by atoms with van der Waals surface area (Å²) < 4.78 is 15.1. The van der Waals surface area contributed by atoms with Crippen molar-refractivity contribution >= 4 is 51.2 Å². The zero-order valence-electron chi connectivity index (χ0n) is 17.0. The summed E-state index contributed by atoms with van der Waals surface area (Å²) in [5.74, 6) is -0.420. The molecule has 0 unspecified atom stereocenters. The maximum absolute atomic E-state index is 12.9. The first kappa shape index (κ1) is 20.3. The number of anilines is 1. The summed E-state index contributed by atoms with van der Waals surface area (Å²) in [5, 5.41) is 3.27. The summed E-state index contributed by atoms with van der Waals surface area (Å²) in [6.45, 7) is -0.409. The van der Waals surface area contributed by atoms with Crippen LogP contribution in [0.5, 0.6) is 0 Å². The number of aryl methyl sites for hydroxylation is 1. The van der Waals surface area contributed by atoms with Gasteiger partial charge >= 0.3 is 5.97 Å². The van der Waals surface area contributed by atoms with Gasteiger partial charge in [-0.1, -0.05) is 18.2 Å². The topological polar surface area (TPSA) is 116 Å². The van der Waals surface area contributed by atoms with E-state index < -0.39 is 18.5 Å². The first-order valence-electron chi connectivity index (χ1n) is 10.3. The predicted molar refractivity (Wildman–Crippen MR) is 120 cm³/mol. The van der Waals surface area contributed by atoms with Gasteiger partial charge in [-0.2, -0.15) is 8.75 Å². The Morgan fingerprint density at radius 3 is 2.75 bits per heavy atom. The van der Waals surface area contributed by atoms with Crippen molar-refractivity contribution in [2.75, 3.05) is 11.9 Å². The normalized spacial score (nSPS) is 13.4. The van der Waals surface area contributed by atoms with Crippen LogP contribution in [-0.2, 0) is 20.7 Å². The van der Waals surface area contributed by atoms with Gasteiger partial charge in [-0.25, -0.2) is 4.98 Å². The van der Waals surface area contributed by atoms with Gasteiger partial charge < -0.3 is 10.1 Å². The fraction of sp³-hybridized carbons (Fsp3) is 0.273. The zero-order chi connectivity index (χ0) is 22.1. The average molecular weight is 449 g/mol. The van der Waals surface area contributed by atoms with Gasteiger partial charge in [0, 0.05) is 12.5 Å². The van der Waals surface area contributed by atoms with Crippen LogP contribution in [-0.4, -0.2) is 36.8 Å². The van der Waals surface area contributed by atoms with E-state index in [1.54, 1.807) is 34.9 Å². The van der Waals surface area contributed by atoms with Gasteiger partial charge in [-0.05, 0) is 37.1 Å². The van der Waals surface area contributed by atoms with E-state index in [1.807, 2.05) is 12.1 Å². The largest absolute Gasteiger partial charge is 0.456 e. The van der Waals surface area contributed by atoms with Crippen LogP contribution in [0.15, 0.2) is 47.3 Å². The smallest absolute Gasteiger partial charge is 0.306 e. The van der Waals surface area contributed by atoms with E-state index >= 15 is 0 Å². The SMILES string of the molecule is O=C(COC(=O)CCc1nc2ccccc2c(=O)n1C1CC1)Nc1cccc2nsnc12. The Labute approximate surface area is 186 Å². The molecule has 1 aliphatic rings. The summed E-state index contributed by atoms with van der Waals surface area (Å²) in [6, 6.07) is 12.6. The Bertz CT molecular complexity index is 1390. The van der Waals surface area contributed by atoms with Gasteiger partial charge in [0.15, 0.2) is 6.61 Å². The Balaban J connectivity index is 1.21. The minimum atomic E-state index is -0.529. The number of fused-ring (bicyclic) bond motifs is 2. The van der Waals surface area contributed by atoms with Crippen LogP contribution in [0.2, 0.25) is 0 Å². The molecule has 0 spiro atoms. The van der Waals surface area contributed by atoms with Crippen LogP contribution in [0, 0.1) is 0 Å². The summed E-state index contributed by atoms with van der Waals surface area (Å²) in [7, 11) is 0. The highest BCUT2D eigenvalue weighted by Gasteiger charge is 2.28. The third-order valence-corrected chi connectivity index (χ3v) is 5.81. The zero-order valence-corrected chi connectivity index (χ0v) is 17.8. The molecule has 4 aromatic rings. The number of benzene rings is 2. The molecule has 0 aliphatic heterocycles. The van der Waals surface area contributed by atoms with Crippen LogP contribution >= 0.6 is 11.7 Å². The Morgan fingerprint density at radius 1 is 1.09 bits per heavy atom. The van der Waals surface area contributed by atoms with Crippen LogP contribution in [0.1, 0.15) is 31.1 Å². The van der Waals surface area contributed by atoms with E-state index in [-0.39, 0.29) is 24.4 Å². The van der Waals surface area contributed by atoms with Gasteiger partial charge in [-0.15, -0.1) is 0 Å². The lowest BCUT2D eigenvalue weighted by molar-refractivity contribution is -0.147. The van der Waals surface area contributed by atoms with E-state index in [1.165, 1.54) is 0 Å². The number of hydrogen-bond acceptors (Lipinski definition) is 8. The molecule has 0 bridgehead atoms. The van der Waals surface area contributed by atoms with Crippen molar-refractivity contribution < 1.29 is 14.3 Å². The van der Waals surface area contributed by atoms with Gasteiger partial charge in [0.05, 0.1) is 34.7 Å². The molecule has 2 heterocycles. The average Bonchev–Trinajstić information content (AvgIpc) is 3.51. The second kappa shape index (κ2) is 8.46. The lowest BCUT2D eigenvalue weighted by atomic mass is 10.2. The first-order valence-corrected chi connectivity index (χ1v) is 11.0. The summed E-state index contributed by atoms with van der Waals surface area (Å²) in [5.41, 5.74) is 2.34. The lowest BCUT2D eigenvalue weighted by Gasteiger charge is -2.12. The molecule has 1 fully saturated rings. The summed E-state index contributed by atoms with van der Waals surface area (Å²) >= 11 is 1.06. The number of nitrogens with one attached hydrogen (secondary N) is 1. The second-order valence-electron chi connectivity index (χ2n) is 7.60. The van der Waals surface area contributed by atoms with Gasteiger partial charge in [0.2, 0.25) is 0 Å². The van der Waals surface area contributed by atoms with Crippen molar-refractivity contribution in [3.63, 3.8) is 0 Å². The van der Waals surface area contributed by atoms with Gasteiger partial charge in [0.25, 0.3) is 11.5 Å². The number of carbonyl (C=O) groups excluding carboxylic acids is 2. The van der Waals surface area contributed by atoms with Crippen LogP contribution in [0.25, 0.3) is 21.9 Å². The first-order chi connectivity index (χ1) is 15.6. The molecular weight excluding hydrogens is 430 g/mol. The van der Waals surface area contributed by atoms with Gasteiger partial charge in [0.1, 0.15) is 16.9 Å². The van der Waals surface area contributed by atoms with E-state index in [0.29, 0.717) is 33.4 Å². The molecule has 1 saturated carbocycles. The maximum Gasteiger partial charge on any atom is 0.306 e. The number of rotatable bonds is 7. The molecule has 32 heavy (non-hydrogen) atoms. The summed E-state index contributed by atoms with van der Waals surface area (Å²) in [6.07, 6.45) is 2.15. The van der Waals surface area contributed by atoms with Crippen molar-refractivity contribution in [1.29, 1.82) is 0 Å². The molecule has 0 saturated heterocycles. The number of para-hydroxylation sites is 1. The van der Waals surface area contributed by atoms with Crippen LogP contribution in [0.4, 0.5) is 5.69 Å². The Hall–Kier alpha value is -3.66. The van der Waals surface area contributed by atoms with Crippen molar-refractivity contribution in [3.05, 3.63) is 58.6 Å². The highest BCUT2D eigenvalue weighted by molar-refractivity contribution is 7.00. The third-order valence-electron chi connectivity index (χ3n) is 5.27. The maximum atomic E-state index is 12.9. The van der Waals surface area contributed by atoms with Crippen LogP contribution in [0.3, 0.4) is 0 Å². The van der Waals surface area contributed by atoms with Crippen molar-refractivity contribution in [2.24, 2.45) is 0 Å². The molecule has 1 aliphatic carbocycles. The molecular formula is C22H19N5O4S. The molecule has 0 radical (unpaired) electrons. The molecule has 0 atom stereocenters. The molecule has 1 amide bonds. The van der Waals surface area contributed by atoms with Crippen LogP contribution < -0.4 is 10.9 Å². The van der Waals surface area contributed by atoms with Gasteiger partial charge in [-0.3, -0.25) is 19.0 Å². The fourth-order valence-corrected chi connectivity index (χ4v) is 4.15. The number of esters is 1. The van der Waals surface area contributed by atoms with Crippen molar-refractivity contribution in [2.45, 2.75) is 31.7 Å². The molecule has 2 aromatic heterocycles. The number of amides is 1. The van der Waals surface area contributed by atoms with E-state index in [0.717, 1.165) is 24.6 Å². The standard InChI is InChI=1S/C22H19N5O4S/c28-19(24-16-6-3-7-17-21(16)26-32-25-17)12-31-20(29)11-10-18-23-15-5-2-1-4-14(15)22(30)27(18)13-8-9-13/h1-7,13H,8-12H2,(H,24,28). The molecule has 1 N–H and O–H groups in total. The van der Waals surface area contributed by atoms with Crippen molar-refractivity contribution in [1.82, 2.24) is 18.3 Å². The molecule has 10 heteroatoms. The number of ether oxygens (including phenoxy) is 1. The number of hydrogen-bond donors (Lipinski definition) is 1. The number of aromatic nitrogens is 4. The molecule has 2 aromatic carbocycles. The Morgan fingerprint density at radius 2 is 1.91 bits per heavy atom. The number of nitrogens with zero attached hydrogens (tertiary/aromatic N) is 4. The predicted octanol–water partition coefficient (Wildman–Crippen LogP) is 2.85. The monoisotopic (exact) mass is 449 g/mol. The van der Waals surface area contributed by atoms with E-state index in [9.17, 15) is 14.4 Å². The van der Waals surface area contributed by atoms with E-state index in [2.05, 4.69) is 19.0 Å². The highest BCUT2D eigenvalue weighted by Crippen LogP contribution is 2.35. The minimum Gasteiger partial charge on any atom is -0.456 e. The summed E-state index contributed by atoms with van der Waals surface area (Å²) in [4.78, 5) is 42.0. The Kier molecular flexibility index (Phi) is 5.36. The van der Waals surface area contributed by atoms with Crippen molar-refractivity contribution in [3.8, 4) is 0 Å². The van der Waals surface area contributed by atoms with E-state index in [4.69, 9.17) is 4.74 Å². The molecule has 5 rings (SSSR count). The fourth-order valence-electron chi connectivity index (χ4n) is 3.60. The minimum absolute atomic E-state index is 0.0242. The third kappa shape index (κ3) is 4.09. The quantitative estimate of drug-likeness (QED) is 0.431. The number of carbonyl (C=O) groups is 2. The molecule has 162 valence electrons. The highest BCUT2D eigenvalue weighted by atomic mass is 32.1. The molecule has 9 nitrogen and oxygen atoms in total. The second-order valence-corrected chi connectivity index (χ2v) is 8.13.